The Kier molecular flexibility index (Phi) is 8.50. The van der Waals surface area contributed by atoms with Gasteiger partial charge < -0.3 is 23.8 Å². The van der Waals surface area contributed by atoms with Gasteiger partial charge in [0.1, 0.15) is 17.5 Å². The molecule has 0 saturated heterocycles. The maximum absolute atomic E-state index is 13.7. The molecular weight excluding hydrogens is 576 g/mol. The Bertz CT molecular complexity index is 1630. The van der Waals surface area contributed by atoms with Crippen molar-refractivity contribution in [1.82, 2.24) is 23.9 Å². The minimum absolute atomic E-state index is 0.0522. The summed E-state index contributed by atoms with van der Waals surface area (Å²) in [5, 5.41) is 13.5. The molecular formula is C25H34N6O8S2. The lowest BCUT2D eigenvalue weighted by Crippen LogP contribution is -2.50. The second-order valence-electron chi connectivity index (χ2n) is 10.3. The van der Waals surface area contributed by atoms with Crippen LogP contribution in [0.3, 0.4) is 0 Å². The summed E-state index contributed by atoms with van der Waals surface area (Å²) >= 11 is 0. The highest BCUT2D eigenvalue weighted by Gasteiger charge is 2.36. The number of ether oxygens (including phenoxy) is 1. The van der Waals surface area contributed by atoms with Gasteiger partial charge in [0.15, 0.2) is 15.7 Å². The summed E-state index contributed by atoms with van der Waals surface area (Å²) in [5.74, 6) is -0.560. The van der Waals surface area contributed by atoms with Crippen molar-refractivity contribution in [3.05, 3.63) is 47.7 Å². The number of sulfonamides is 2. The van der Waals surface area contributed by atoms with E-state index >= 15 is 0 Å². The predicted molar refractivity (Wildman–Crippen MR) is 147 cm³/mol. The third kappa shape index (κ3) is 6.10. The number of fused-ring (bicyclic) bond motifs is 1. The summed E-state index contributed by atoms with van der Waals surface area (Å²) in [6, 6.07) is 3.68. The van der Waals surface area contributed by atoms with Gasteiger partial charge in [-0.25, -0.2) is 21.8 Å². The van der Waals surface area contributed by atoms with Crippen LogP contribution >= 0.6 is 0 Å². The fourth-order valence-corrected chi connectivity index (χ4v) is 7.13. The molecule has 14 nitrogen and oxygen atoms in total. The fourth-order valence-electron chi connectivity index (χ4n) is 4.60. The minimum atomic E-state index is -4.10. The highest BCUT2D eigenvalue weighted by atomic mass is 32.2. The number of anilines is 1. The monoisotopic (exact) mass is 610 g/mol. The van der Waals surface area contributed by atoms with Crippen LogP contribution in [0.25, 0.3) is 0 Å². The Hall–Kier alpha value is -3.47. The zero-order chi connectivity index (χ0) is 30.3. The first-order chi connectivity index (χ1) is 19.1. The molecule has 2 N–H and O–H groups in total. The number of aromatic nitrogens is 3. The van der Waals surface area contributed by atoms with Crippen molar-refractivity contribution in [2.75, 3.05) is 31.5 Å². The number of benzene rings is 1. The van der Waals surface area contributed by atoms with Gasteiger partial charge in [-0.3, -0.25) is 9.52 Å². The Morgan fingerprint density at radius 2 is 1.95 bits per heavy atom. The first kappa shape index (κ1) is 30.5. The summed E-state index contributed by atoms with van der Waals surface area (Å²) in [7, 11) is -4.94. The number of hydrogen-bond acceptors (Lipinski definition) is 10. The van der Waals surface area contributed by atoms with Gasteiger partial charge in [0.05, 0.1) is 31.1 Å². The van der Waals surface area contributed by atoms with E-state index in [0.717, 1.165) is 4.31 Å². The zero-order valence-electron chi connectivity index (χ0n) is 23.6. The van der Waals surface area contributed by atoms with Gasteiger partial charge in [-0.1, -0.05) is 12.1 Å². The largest absolute Gasteiger partial charge is 0.488 e. The smallest absolute Gasteiger partial charge is 0.267 e. The highest BCUT2D eigenvalue weighted by molar-refractivity contribution is 7.92. The van der Waals surface area contributed by atoms with Crippen molar-refractivity contribution in [2.45, 2.75) is 49.8 Å². The van der Waals surface area contributed by atoms with E-state index < -0.39 is 38.1 Å². The Balaban J connectivity index is 1.70. The molecule has 1 amide bonds. The average molecular weight is 611 g/mol. The van der Waals surface area contributed by atoms with Crippen molar-refractivity contribution in [2.24, 2.45) is 13.0 Å². The molecule has 0 bridgehead atoms. The summed E-state index contributed by atoms with van der Waals surface area (Å²) in [6.07, 6.45) is 2.09. The van der Waals surface area contributed by atoms with Crippen LogP contribution in [-0.4, -0.2) is 90.7 Å². The van der Waals surface area contributed by atoms with E-state index in [1.807, 2.05) is 6.92 Å². The summed E-state index contributed by atoms with van der Waals surface area (Å²) in [6.45, 7) is 6.27. The van der Waals surface area contributed by atoms with E-state index in [0.29, 0.717) is 0 Å². The second-order valence-corrected chi connectivity index (χ2v) is 13.9. The van der Waals surface area contributed by atoms with Crippen molar-refractivity contribution in [3.63, 3.8) is 0 Å². The molecule has 16 heteroatoms. The normalized spacial score (nSPS) is 18.9. The number of carbonyl (C=O) groups is 1. The molecule has 0 spiro atoms. The third-order valence-corrected chi connectivity index (χ3v) is 10.3. The molecule has 0 radical (unpaired) electrons. The number of nitrogens with one attached hydrogen (secondary N) is 1. The number of rotatable bonds is 9. The number of aliphatic hydroxyl groups excluding tert-OH is 1. The van der Waals surface area contributed by atoms with Gasteiger partial charge in [-0.2, -0.15) is 4.31 Å². The average Bonchev–Trinajstić information content (AvgIpc) is 3.50. The first-order valence-electron chi connectivity index (χ1n) is 12.8. The van der Waals surface area contributed by atoms with E-state index in [-0.39, 0.29) is 64.0 Å². The van der Waals surface area contributed by atoms with Crippen LogP contribution in [0.15, 0.2) is 45.2 Å². The van der Waals surface area contributed by atoms with Crippen molar-refractivity contribution in [1.29, 1.82) is 0 Å². The van der Waals surface area contributed by atoms with Crippen LogP contribution in [-0.2, 0) is 27.1 Å². The fraction of sp³-hybridized carbons (Fsp3) is 0.480. The van der Waals surface area contributed by atoms with Crippen molar-refractivity contribution < 1.29 is 36.0 Å². The van der Waals surface area contributed by atoms with Crippen molar-refractivity contribution >= 4 is 31.6 Å². The maximum atomic E-state index is 13.7. The number of hydrogen-bond donors (Lipinski definition) is 2. The van der Waals surface area contributed by atoms with Gasteiger partial charge in [0.2, 0.25) is 0 Å². The van der Waals surface area contributed by atoms with E-state index in [1.54, 1.807) is 14.0 Å². The molecule has 3 aromatic rings. The molecule has 0 unspecified atom stereocenters. The van der Waals surface area contributed by atoms with Gasteiger partial charge in [0.25, 0.3) is 26.0 Å². The lowest BCUT2D eigenvalue weighted by atomic mass is 9.99. The molecule has 224 valence electrons. The molecule has 3 heterocycles. The van der Waals surface area contributed by atoms with Gasteiger partial charge in [-0.15, -0.1) is 0 Å². The van der Waals surface area contributed by atoms with Crippen LogP contribution < -0.4 is 9.46 Å². The first-order valence-corrected chi connectivity index (χ1v) is 15.7. The van der Waals surface area contributed by atoms with Crippen LogP contribution in [0, 0.1) is 19.8 Å². The maximum Gasteiger partial charge on any atom is 0.267 e. The number of aliphatic hydroxyl groups is 1. The molecule has 4 rings (SSSR count). The minimum Gasteiger partial charge on any atom is -0.488 e. The predicted octanol–water partition coefficient (Wildman–Crippen LogP) is 1.37. The molecule has 0 aliphatic carbocycles. The topological polar surface area (TPSA) is 177 Å². The van der Waals surface area contributed by atoms with Crippen molar-refractivity contribution in [3.8, 4) is 5.75 Å². The number of carbonyl (C=O) groups excluding carboxylic acids is 1. The molecule has 3 atom stereocenters. The molecule has 0 saturated carbocycles. The van der Waals surface area contributed by atoms with E-state index in [4.69, 9.17) is 9.26 Å². The summed E-state index contributed by atoms with van der Waals surface area (Å²) in [4.78, 5) is 19.0. The number of nitrogens with zero attached hydrogens (tertiary/aromatic N) is 5. The van der Waals surface area contributed by atoms with Crippen LogP contribution in [0.5, 0.6) is 5.75 Å². The van der Waals surface area contributed by atoms with Crippen LogP contribution in [0.1, 0.15) is 35.7 Å². The standard InChI is InChI=1S/C25H34N6O8S2/c1-15-10-31(16(2)13-32)25(33)20-9-19(28-40(34,35)24-17(3)27-39-18(24)4)7-8-21(20)38-22(15)11-30(6)41(36,37)23-12-29(5)14-26-23/h7-9,12,14-16,22,28,32H,10-11,13H2,1-6H3/t15-,16-,22-/m1/s1. The molecule has 1 aliphatic heterocycles. The van der Waals surface area contributed by atoms with E-state index in [2.05, 4.69) is 14.9 Å². The lowest BCUT2D eigenvalue weighted by molar-refractivity contribution is 0.0387. The zero-order valence-corrected chi connectivity index (χ0v) is 25.2. The number of amides is 1. The van der Waals surface area contributed by atoms with E-state index in [9.17, 15) is 26.7 Å². The van der Waals surface area contributed by atoms with Gasteiger partial charge >= 0.3 is 0 Å². The molecule has 2 aromatic heterocycles. The molecule has 1 aliphatic rings. The third-order valence-electron chi connectivity index (χ3n) is 6.95. The summed E-state index contributed by atoms with van der Waals surface area (Å²) in [5.41, 5.74) is 0.332. The quantitative estimate of drug-likeness (QED) is 0.360. The van der Waals surface area contributed by atoms with Gasteiger partial charge in [0, 0.05) is 38.4 Å². The number of imidazole rings is 1. The molecule has 41 heavy (non-hydrogen) atoms. The molecule has 1 aromatic carbocycles. The summed E-state index contributed by atoms with van der Waals surface area (Å²) < 4.78 is 68.8. The lowest BCUT2D eigenvalue weighted by Gasteiger charge is -2.38. The van der Waals surface area contributed by atoms with Crippen LogP contribution in [0.4, 0.5) is 5.69 Å². The Labute approximate surface area is 239 Å². The number of aryl methyl sites for hydroxylation is 3. The SMILES string of the molecule is Cc1noc(C)c1S(=O)(=O)Nc1ccc2c(c1)C(=O)N([C@H](C)CO)C[C@@H](C)[C@@H](CN(C)S(=O)(=O)c1cn(C)cn1)O2. The Morgan fingerprint density at radius 3 is 2.54 bits per heavy atom. The van der Waals surface area contributed by atoms with E-state index in [1.165, 1.54) is 61.1 Å². The Morgan fingerprint density at radius 1 is 1.24 bits per heavy atom. The van der Waals surface area contributed by atoms with Gasteiger partial charge in [-0.05, 0) is 39.0 Å². The second kappa shape index (κ2) is 11.4. The van der Waals surface area contributed by atoms with Crippen LogP contribution in [0.2, 0.25) is 0 Å². The highest BCUT2D eigenvalue weighted by Crippen LogP contribution is 2.32. The number of likely N-dealkylation sites (N-methyl/N-ethyl adjacent to an activating group) is 1. The molecule has 0 fully saturated rings.